The molecule has 0 spiro atoms. The van der Waals surface area contributed by atoms with E-state index in [1.165, 1.54) is 0 Å². The number of benzene rings is 8. The molecule has 8 aromatic carbocycles. The molecule has 0 bridgehead atoms. The highest BCUT2D eigenvalue weighted by atomic mass is 16.4. The summed E-state index contributed by atoms with van der Waals surface area (Å²) in [6.45, 7) is 0. The van der Waals surface area contributed by atoms with E-state index in [0.717, 1.165) is 88.1 Å². The predicted octanol–water partition coefficient (Wildman–Crippen LogP) is 11.7. The standard InChI is InChI=1S/C52H32N2O8/c55-49(56)33-9-1-29(2-10-33)37-17-21-45-41(25-37)42-26-38(30-3-11-34(12-4-30)50(57)58)18-22-46(42)53(45)54-47-23-19-39(31-5-13-35(14-6-31)51(59)60)27-43(47)44-28-40(20-24-48(44)54)32-7-15-36(16-8-32)52(61)62/h1-28H,(H,55,56)(H,57,58)(H,59,60)(H,61,62). The van der Waals surface area contributed by atoms with E-state index in [1.54, 1.807) is 97.1 Å². The van der Waals surface area contributed by atoms with Crippen molar-refractivity contribution in [1.82, 2.24) is 9.35 Å². The zero-order valence-corrected chi connectivity index (χ0v) is 32.5. The first-order valence-corrected chi connectivity index (χ1v) is 19.5. The molecule has 0 saturated heterocycles. The Morgan fingerprint density at radius 1 is 0.258 bits per heavy atom. The van der Waals surface area contributed by atoms with Crippen LogP contribution in [0.3, 0.4) is 0 Å². The highest BCUT2D eigenvalue weighted by Crippen LogP contribution is 2.41. The lowest BCUT2D eigenvalue weighted by molar-refractivity contribution is 0.0686. The molecule has 10 nitrogen and oxygen atoms in total. The van der Waals surface area contributed by atoms with Crippen LogP contribution < -0.4 is 0 Å². The van der Waals surface area contributed by atoms with Crippen LogP contribution >= 0.6 is 0 Å². The second-order valence-electron chi connectivity index (χ2n) is 15.1. The normalized spacial score (nSPS) is 11.4. The van der Waals surface area contributed by atoms with Gasteiger partial charge in [-0.1, -0.05) is 72.8 Å². The topological polar surface area (TPSA) is 159 Å². The molecule has 0 unspecified atom stereocenters. The molecule has 0 aliphatic heterocycles. The third-order valence-electron chi connectivity index (χ3n) is 11.5. The first-order valence-electron chi connectivity index (χ1n) is 19.5. The summed E-state index contributed by atoms with van der Waals surface area (Å²) in [5.41, 5.74) is 11.3. The lowest BCUT2D eigenvalue weighted by atomic mass is 9.99. The minimum Gasteiger partial charge on any atom is -0.478 e. The van der Waals surface area contributed by atoms with Crippen LogP contribution in [0.5, 0.6) is 0 Å². The second-order valence-corrected chi connectivity index (χ2v) is 15.1. The van der Waals surface area contributed by atoms with Crippen molar-refractivity contribution in [2.75, 3.05) is 0 Å². The molecule has 0 amide bonds. The first-order chi connectivity index (χ1) is 30.0. The van der Waals surface area contributed by atoms with E-state index in [4.69, 9.17) is 0 Å². The van der Waals surface area contributed by atoms with Gasteiger partial charge in [0.1, 0.15) is 0 Å². The molecule has 10 rings (SSSR count). The van der Waals surface area contributed by atoms with Crippen molar-refractivity contribution < 1.29 is 39.6 Å². The van der Waals surface area contributed by atoms with E-state index in [-0.39, 0.29) is 22.3 Å². The second kappa shape index (κ2) is 14.5. The Morgan fingerprint density at radius 2 is 0.435 bits per heavy atom. The van der Waals surface area contributed by atoms with Crippen LogP contribution in [0.2, 0.25) is 0 Å². The lowest BCUT2D eigenvalue weighted by Gasteiger charge is -2.14. The molecule has 0 aliphatic rings. The van der Waals surface area contributed by atoms with Gasteiger partial charge in [0.25, 0.3) is 0 Å². The van der Waals surface area contributed by atoms with Crippen LogP contribution in [0.25, 0.3) is 88.1 Å². The van der Waals surface area contributed by atoms with E-state index in [9.17, 15) is 39.6 Å². The highest BCUT2D eigenvalue weighted by Gasteiger charge is 2.21. The molecule has 2 aromatic heterocycles. The fourth-order valence-corrected chi connectivity index (χ4v) is 8.38. The third kappa shape index (κ3) is 6.30. The van der Waals surface area contributed by atoms with Crippen LogP contribution in [0.15, 0.2) is 170 Å². The molecular formula is C52H32N2O8. The van der Waals surface area contributed by atoms with E-state index >= 15 is 0 Å². The van der Waals surface area contributed by atoms with Crippen LogP contribution in [0, 0.1) is 0 Å². The minimum absolute atomic E-state index is 0.192. The number of carboxylic acids is 4. The number of nitrogens with zero attached hydrogens (tertiary/aromatic N) is 2. The van der Waals surface area contributed by atoms with Gasteiger partial charge in [0, 0.05) is 21.5 Å². The van der Waals surface area contributed by atoms with E-state index in [2.05, 4.69) is 57.9 Å². The summed E-state index contributed by atoms with van der Waals surface area (Å²) in [6, 6.07) is 51.8. The Labute approximate surface area is 352 Å². The van der Waals surface area contributed by atoms with E-state index in [1.807, 2.05) is 24.3 Å². The molecule has 0 fully saturated rings. The third-order valence-corrected chi connectivity index (χ3v) is 11.5. The largest absolute Gasteiger partial charge is 0.478 e. The summed E-state index contributed by atoms with van der Waals surface area (Å²) in [5.74, 6) is -4.01. The Hall–Kier alpha value is -8.76. The van der Waals surface area contributed by atoms with Gasteiger partial charge in [-0.2, -0.15) is 0 Å². The monoisotopic (exact) mass is 812 g/mol. The van der Waals surface area contributed by atoms with Gasteiger partial charge in [0.05, 0.1) is 44.3 Å². The fourth-order valence-electron chi connectivity index (χ4n) is 8.38. The van der Waals surface area contributed by atoms with Gasteiger partial charge in [-0.15, -0.1) is 0 Å². The van der Waals surface area contributed by atoms with Crippen LogP contribution in [0.1, 0.15) is 41.4 Å². The van der Waals surface area contributed by atoms with Gasteiger partial charge in [0.15, 0.2) is 0 Å². The SMILES string of the molecule is O=C(O)c1ccc(-c2ccc3c(c2)c2cc(-c4ccc(C(=O)O)cc4)ccc2n3-n2c3ccc(-c4ccc(C(=O)O)cc4)cc3c3cc(-c4ccc(C(=O)O)cc4)ccc32)cc1. The zero-order chi connectivity index (χ0) is 42.8. The maximum Gasteiger partial charge on any atom is 0.335 e. The van der Waals surface area contributed by atoms with Crippen molar-refractivity contribution in [2.45, 2.75) is 0 Å². The molecule has 62 heavy (non-hydrogen) atoms. The maximum atomic E-state index is 11.6. The van der Waals surface area contributed by atoms with Crippen molar-refractivity contribution in [3.63, 3.8) is 0 Å². The van der Waals surface area contributed by atoms with Crippen molar-refractivity contribution >= 4 is 67.5 Å². The number of hydrogen-bond donors (Lipinski definition) is 4. The summed E-state index contributed by atoms with van der Waals surface area (Å²) >= 11 is 0. The highest BCUT2D eigenvalue weighted by molar-refractivity contribution is 6.14. The molecule has 10 heteroatoms. The number of aromatic nitrogens is 2. The first kappa shape index (κ1) is 37.5. The zero-order valence-electron chi connectivity index (χ0n) is 32.5. The van der Waals surface area contributed by atoms with Gasteiger partial charge >= 0.3 is 23.9 Å². The molecule has 4 N–H and O–H groups in total. The number of aromatic carboxylic acids is 4. The molecule has 0 atom stereocenters. The molecular weight excluding hydrogens is 781 g/mol. The fraction of sp³-hybridized carbons (Fsp3) is 0. The summed E-state index contributed by atoms with van der Waals surface area (Å²) in [7, 11) is 0. The Balaban J connectivity index is 1.23. The number of hydrogen-bond acceptors (Lipinski definition) is 4. The Morgan fingerprint density at radius 3 is 0.613 bits per heavy atom. The van der Waals surface area contributed by atoms with E-state index in [0.29, 0.717) is 0 Å². The molecule has 0 radical (unpaired) electrons. The summed E-state index contributed by atoms with van der Waals surface area (Å²) in [5, 5.41) is 41.9. The number of carbonyl (C=O) groups is 4. The molecule has 0 saturated carbocycles. The lowest BCUT2D eigenvalue weighted by Crippen LogP contribution is -2.08. The maximum absolute atomic E-state index is 11.6. The molecule has 0 aliphatic carbocycles. The van der Waals surface area contributed by atoms with Gasteiger partial charge in [-0.05, 0) is 142 Å². The Bertz CT molecular complexity index is 3030. The summed E-state index contributed by atoms with van der Waals surface area (Å²) in [6.07, 6.45) is 0. The number of fused-ring (bicyclic) bond motifs is 6. The number of rotatable bonds is 9. The molecule has 298 valence electrons. The van der Waals surface area contributed by atoms with Crippen molar-refractivity contribution in [3.05, 3.63) is 192 Å². The quantitative estimate of drug-likeness (QED) is 0.112. The van der Waals surface area contributed by atoms with Crippen LogP contribution in [-0.4, -0.2) is 53.7 Å². The van der Waals surface area contributed by atoms with Gasteiger partial charge in [-0.25, -0.2) is 28.5 Å². The van der Waals surface area contributed by atoms with Crippen LogP contribution in [0.4, 0.5) is 0 Å². The average molecular weight is 813 g/mol. The smallest absolute Gasteiger partial charge is 0.335 e. The molecule has 10 aromatic rings. The minimum atomic E-state index is -1.00. The Kier molecular flexibility index (Phi) is 8.77. The van der Waals surface area contributed by atoms with Gasteiger partial charge < -0.3 is 20.4 Å². The van der Waals surface area contributed by atoms with E-state index < -0.39 is 23.9 Å². The number of carboxylic acid groups (broad SMARTS) is 4. The average Bonchev–Trinajstić information content (AvgIpc) is 3.79. The van der Waals surface area contributed by atoms with Gasteiger partial charge in [-0.3, -0.25) is 0 Å². The van der Waals surface area contributed by atoms with Crippen molar-refractivity contribution in [3.8, 4) is 44.5 Å². The van der Waals surface area contributed by atoms with Gasteiger partial charge in [0.2, 0.25) is 0 Å². The summed E-state index contributed by atoms with van der Waals surface area (Å²) < 4.78 is 4.37. The molecule has 2 heterocycles. The van der Waals surface area contributed by atoms with Crippen molar-refractivity contribution in [1.29, 1.82) is 0 Å². The predicted molar refractivity (Wildman–Crippen MR) is 239 cm³/mol. The van der Waals surface area contributed by atoms with Crippen molar-refractivity contribution in [2.24, 2.45) is 0 Å². The van der Waals surface area contributed by atoms with Crippen LogP contribution in [-0.2, 0) is 0 Å². The summed E-state index contributed by atoms with van der Waals surface area (Å²) in [4.78, 5) is 46.6.